The fourth-order valence-electron chi connectivity index (χ4n) is 1.51. The van der Waals surface area contributed by atoms with Gasteiger partial charge in [0.2, 0.25) is 0 Å². The molecular formula is C8H10. The van der Waals surface area contributed by atoms with Gasteiger partial charge in [-0.15, -0.1) is 0 Å². The van der Waals surface area contributed by atoms with Gasteiger partial charge in [0.1, 0.15) is 0 Å². The zero-order valence-corrected chi connectivity index (χ0v) is 5.20. The van der Waals surface area contributed by atoms with Crippen LogP contribution in [-0.4, -0.2) is 0 Å². The number of hydrogen-bond donors (Lipinski definition) is 0. The van der Waals surface area contributed by atoms with Crippen LogP contribution in [0.4, 0.5) is 0 Å². The molecule has 2 aliphatic carbocycles. The third-order valence-corrected chi connectivity index (χ3v) is 2.06. The molecular weight excluding hydrogens is 96.1 g/mol. The Hall–Kier alpha value is -0.520. The van der Waals surface area contributed by atoms with E-state index < -0.39 is 0 Å². The van der Waals surface area contributed by atoms with E-state index in [-0.39, 0.29) is 0 Å². The molecule has 0 aliphatic heterocycles. The summed E-state index contributed by atoms with van der Waals surface area (Å²) in [6.45, 7) is 2.22. The van der Waals surface area contributed by atoms with Crippen molar-refractivity contribution < 1.29 is 0 Å². The normalized spacial score (nSPS) is 24.9. The first kappa shape index (κ1) is 4.37. The maximum Gasteiger partial charge on any atom is -0.0102 e. The standard InChI is InChI=1S/C8H10/c1-6-4-7-2-3-8(7)5-6/h4H,2-3,5H2,1H3. The summed E-state index contributed by atoms with van der Waals surface area (Å²) >= 11 is 0. The average molecular weight is 106 g/mol. The van der Waals surface area contributed by atoms with Crippen molar-refractivity contribution in [3.8, 4) is 0 Å². The van der Waals surface area contributed by atoms with Gasteiger partial charge in [-0.2, -0.15) is 0 Å². The third-order valence-electron chi connectivity index (χ3n) is 2.06. The van der Waals surface area contributed by atoms with E-state index in [9.17, 15) is 0 Å². The Morgan fingerprint density at radius 3 is 2.50 bits per heavy atom. The summed E-state index contributed by atoms with van der Waals surface area (Å²) in [7, 11) is 0. The van der Waals surface area contributed by atoms with Crippen molar-refractivity contribution >= 4 is 0 Å². The molecule has 0 N–H and O–H groups in total. The van der Waals surface area contributed by atoms with Gasteiger partial charge in [-0.3, -0.25) is 0 Å². The maximum atomic E-state index is 2.35. The van der Waals surface area contributed by atoms with E-state index in [1.807, 2.05) is 0 Å². The SMILES string of the molecule is CC1=CC2=C(CC2)C1. The number of rotatable bonds is 0. The van der Waals surface area contributed by atoms with Crippen LogP contribution in [-0.2, 0) is 0 Å². The van der Waals surface area contributed by atoms with Crippen molar-refractivity contribution in [2.45, 2.75) is 26.2 Å². The van der Waals surface area contributed by atoms with Crippen LogP contribution in [0.25, 0.3) is 0 Å². The van der Waals surface area contributed by atoms with E-state index >= 15 is 0 Å². The molecule has 0 heterocycles. The largest absolute Gasteiger partial charge is 0.0690 e. The molecule has 0 fully saturated rings. The van der Waals surface area contributed by atoms with Gasteiger partial charge in [0.25, 0.3) is 0 Å². The average Bonchev–Trinajstić information content (AvgIpc) is 1.91. The van der Waals surface area contributed by atoms with Gasteiger partial charge in [0, 0.05) is 0 Å². The van der Waals surface area contributed by atoms with Crippen molar-refractivity contribution in [2.24, 2.45) is 0 Å². The van der Waals surface area contributed by atoms with E-state index in [1.54, 1.807) is 16.7 Å². The summed E-state index contributed by atoms with van der Waals surface area (Å²) in [6, 6.07) is 0. The summed E-state index contributed by atoms with van der Waals surface area (Å²) in [6.07, 6.45) is 6.37. The van der Waals surface area contributed by atoms with Crippen LogP contribution in [0.5, 0.6) is 0 Å². The lowest BCUT2D eigenvalue weighted by atomic mass is 9.91. The van der Waals surface area contributed by atoms with Crippen LogP contribution in [0.1, 0.15) is 26.2 Å². The van der Waals surface area contributed by atoms with E-state index in [4.69, 9.17) is 0 Å². The first-order chi connectivity index (χ1) is 3.86. The molecule has 8 heavy (non-hydrogen) atoms. The lowest BCUT2D eigenvalue weighted by molar-refractivity contribution is 0.814. The Labute approximate surface area is 49.9 Å². The van der Waals surface area contributed by atoms with Crippen molar-refractivity contribution in [1.82, 2.24) is 0 Å². The highest BCUT2D eigenvalue weighted by Crippen LogP contribution is 2.39. The predicted molar refractivity (Wildman–Crippen MR) is 34.6 cm³/mol. The van der Waals surface area contributed by atoms with Gasteiger partial charge in [0.15, 0.2) is 0 Å². The molecule has 0 amide bonds. The van der Waals surface area contributed by atoms with Crippen LogP contribution >= 0.6 is 0 Å². The van der Waals surface area contributed by atoms with Crippen molar-refractivity contribution in [1.29, 1.82) is 0 Å². The summed E-state index contributed by atoms with van der Waals surface area (Å²) in [5.41, 5.74) is 4.91. The summed E-state index contributed by atoms with van der Waals surface area (Å²) in [5, 5.41) is 0. The van der Waals surface area contributed by atoms with Crippen molar-refractivity contribution in [3.05, 3.63) is 22.8 Å². The van der Waals surface area contributed by atoms with Crippen molar-refractivity contribution in [2.75, 3.05) is 0 Å². The Kier molecular flexibility index (Phi) is 0.682. The second kappa shape index (κ2) is 1.25. The third kappa shape index (κ3) is 0.405. The first-order valence-electron chi connectivity index (χ1n) is 3.24. The van der Waals surface area contributed by atoms with E-state index in [0.29, 0.717) is 0 Å². The zero-order valence-electron chi connectivity index (χ0n) is 5.20. The quantitative estimate of drug-likeness (QED) is 0.445. The Morgan fingerprint density at radius 1 is 1.38 bits per heavy atom. The molecule has 2 aliphatic rings. The minimum Gasteiger partial charge on any atom is -0.0690 e. The summed E-state index contributed by atoms with van der Waals surface area (Å²) < 4.78 is 0. The molecule has 0 atom stereocenters. The fourth-order valence-corrected chi connectivity index (χ4v) is 1.51. The Balaban J connectivity index is 2.33. The molecule has 0 spiro atoms. The van der Waals surface area contributed by atoms with Gasteiger partial charge >= 0.3 is 0 Å². The molecule has 0 saturated heterocycles. The van der Waals surface area contributed by atoms with Crippen molar-refractivity contribution in [3.63, 3.8) is 0 Å². The van der Waals surface area contributed by atoms with Crippen LogP contribution < -0.4 is 0 Å². The first-order valence-corrected chi connectivity index (χ1v) is 3.24. The molecule has 0 aromatic heterocycles. The Morgan fingerprint density at radius 2 is 2.25 bits per heavy atom. The molecule has 0 radical (unpaired) electrons. The summed E-state index contributed by atoms with van der Waals surface area (Å²) in [5.74, 6) is 0. The van der Waals surface area contributed by atoms with Gasteiger partial charge in [-0.1, -0.05) is 17.2 Å². The van der Waals surface area contributed by atoms with E-state index in [2.05, 4.69) is 13.0 Å². The minimum atomic E-state index is 1.29. The molecule has 0 heteroatoms. The molecule has 2 rings (SSSR count). The molecule has 0 unspecified atom stereocenters. The van der Waals surface area contributed by atoms with Gasteiger partial charge in [0.05, 0.1) is 0 Å². The van der Waals surface area contributed by atoms with E-state index in [0.717, 1.165) is 0 Å². The van der Waals surface area contributed by atoms with Crippen LogP contribution in [0.2, 0.25) is 0 Å². The minimum absolute atomic E-state index is 1.29. The highest BCUT2D eigenvalue weighted by Gasteiger charge is 2.19. The zero-order chi connectivity index (χ0) is 5.56. The smallest absolute Gasteiger partial charge is 0.0102 e. The highest BCUT2D eigenvalue weighted by atomic mass is 14.2. The van der Waals surface area contributed by atoms with Gasteiger partial charge in [-0.05, 0) is 31.8 Å². The molecule has 0 aromatic rings. The van der Waals surface area contributed by atoms with Crippen LogP contribution in [0.3, 0.4) is 0 Å². The monoisotopic (exact) mass is 106 g/mol. The molecule has 0 saturated carbocycles. The van der Waals surface area contributed by atoms with E-state index in [1.165, 1.54) is 19.3 Å². The topological polar surface area (TPSA) is 0 Å². The second-order valence-corrected chi connectivity index (χ2v) is 2.80. The maximum absolute atomic E-state index is 2.35. The lowest BCUT2D eigenvalue weighted by Gasteiger charge is -2.14. The highest BCUT2D eigenvalue weighted by molar-refractivity contribution is 5.44. The molecule has 0 bridgehead atoms. The second-order valence-electron chi connectivity index (χ2n) is 2.80. The van der Waals surface area contributed by atoms with Crippen LogP contribution in [0.15, 0.2) is 22.8 Å². The van der Waals surface area contributed by atoms with Gasteiger partial charge in [-0.25, -0.2) is 0 Å². The molecule has 0 aromatic carbocycles. The number of hydrogen-bond acceptors (Lipinski definition) is 0. The predicted octanol–water partition coefficient (Wildman–Crippen LogP) is 2.43. The molecule has 0 nitrogen and oxygen atoms in total. The lowest BCUT2D eigenvalue weighted by Crippen LogP contribution is -1.95. The Bertz CT molecular complexity index is 182. The number of allylic oxidation sites excluding steroid dienone is 4. The summed E-state index contributed by atoms with van der Waals surface area (Å²) in [4.78, 5) is 0. The fraction of sp³-hybridized carbons (Fsp3) is 0.500. The molecule has 42 valence electrons. The van der Waals surface area contributed by atoms with Gasteiger partial charge < -0.3 is 0 Å². The van der Waals surface area contributed by atoms with Crippen LogP contribution in [0, 0.1) is 0 Å².